The Labute approximate surface area is 311 Å². The molecule has 4 heterocycles. The zero-order valence-corrected chi connectivity index (χ0v) is 30.8. The van der Waals surface area contributed by atoms with Crippen LogP contribution in [0, 0.1) is 16.3 Å². The number of nitrogens with zero attached hydrogens (tertiary/aromatic N) is 7. The minimum absolute atomic E-state index is 0.0379. The monoisotopic (exact) mass is 721 g/mol. The topological polar surface area (TPSA) is 136 Å². The van der Waals surface area contributed by atoms with Gasteiger partial charge in [-0.3, -0.25) is 4.57 Å². The fourth-order valence-electron chi connectivity index (χ4n) is 6.98. The van der Waals surface area contributed by atoms with E-state index in [0.29, 0.717) is 45.6 Å². The molecule has 12 heteroatoms. The fourth-order valence-corrected chi connectivity index (χ4v) is 6.98. The summed E-state index contributed by atoms with van der Waals surface area (Å²) in [5, 5.41) is 22.6. The average Bonchev–Trinajstić information content (AvgIpc) is 3.89. The molecule has 4 aromatic heterocycles. The number of carbonyl (C=O) groups excluding carboxylic acids is 2. The number of pyridine rings is 2. The van der Waals surface area contributed by atoms with E-state index in [2.05, 4.69) is 16.9 Å². The van der Waals surface area contributed by atoms with Gasteiger partial charge < -0.3 is 20.1 Å². The van der Waals surface area contributed by atoms with E-state index in [1.807, 2.05) is 24.0 Å². The number of para-hydroxylation sites is 1. The van der Waals surface area contributed by atoms with Gasteiger partial charge in [-0.25, -0.2) is 24.1 Å². The van der Waals surface area contributed by atoms with E-state index in [1.165, 1.54) is 117 Å². The van der Waals surface area contributed by atoms with Gasteiger partial charge in [0.05, 0.1) is 22.5 Å². The van der Waals surface area contributed by atoms with Crippen molar-refractivity contribution in [2.75, 3.05) is 6.54 Å². The average molecular weight is 722 g/mol. The molecule has 0 unspecified atom stereocenters. The summed E-state index contributed by atoms with van der Waals surface area (Å²) in [6, 6.07) is 15.9. The molecule has 0 bridgehead atoms. The van der Waals surface area contributed by atoms with Crippen molar-refractivity contribution in [1.82, 2.24) is 24.0 Å². The summed E-state index contributed by atoms with van der Waals surface area (Å²) in [5.41, 5.74) is 2.47. The van der Waals surface area contributed by atoms with Crippen LogP contribution in [0.2, 0.25) is 0 Å². The molecule has 2 aliphatic rings. The Morgan fingerprint density at radius 3 is 1.85 bits per heavy atom. The number of hydrogen-bond acceptors (Lipinski definition) is 7. The van der Waals surface area contributed by atoms with Crippen LogP contribution in [0.4, 0.5) is 9.59 Å². The molecule has 0 spiro atoms. The van der Waals surface area contributed by atoms with Crippen molar-refractivity contribution in [3.8, 4) is 28.3 Å². The summed E-state index contributed by atoms with van der Waals surface area (Å²) in [6.07, 6.45) is 27.4. The highest BCUT2D eigenvalue weighted by Gasteiger charge is 2.25. The van der Waals surface area contributed by atoms with Crippen molar-refractivity contribution in [2.45, 2.75) is 96.9 Å². The van der Waals surface area contributed by atoms with Gasteiger partial charge in [-0.15, -0.1) is 0 Å². The van der Waals surface area contributed by atoms with Gasteiger partial charge in [-0.1, -0.05) is 89.3 Å². The van der Waals surface area contributed by atoms with Gasteiger partial charge in [0.15, 0.2) is 24.8 Å². The maximum Gasteiger partial charge on any atom is 0.424 e. The van der Waals surface area contributed by atoms with Crippen molar-refractivity contribution in [3.05, 3.63) is 115 Å². The number of carbonyl (C=O) groups is 2. The smallest absolute Gasteiger partial charge is 0.424 e. The van der Waals surface area contributed by atoms with Gasteiger partial charge in [-0.2, -0.15) is 9.46 Å². The quantitative estimate of drug-likeness (QED) is 0.122. The molecule has 2 saturated carbocycles. The van der Waals surface area contributed by atoms with Gasteiger partial charge in [0, 0.05) is 37.1 Å². The first kappa shape index (κ1) is 38.7. The molecule has 2 aliphatic carbocycles. The summed E-state index contributed by atoms with van der Waals surface area (Å²) in [6.45, 7) is 5.01. The minimum Gasteiger partial charge on any atom is -0.619 e. The van der Waals surface area contributed by atoms with Crippen molar-refractivity contribution in [2.24, 2.45) is 5.92 Å². The van der Waals surface area contributed by atoms with E-state index in [-0.39, 0.29) is 6.03 Å². The molecule has 5 aromatic rings. The van der Waals surface area contributed by atoms with Crippen LogP contribution in [-0.2, 0) is 0 Å². The molecule has 0 saturated heterocycles. The second-order valence-corrected chi connectivity index (χ2v) is 13.6. The van der Waals surface area contributed by atoms with Crippen molar-refractivity contribution < 1.29 is 23.8 Å². The number of amides is 1. The van der Waals surface area contributed by atoms with Crippen LogP contribution in [0.15, 0.2) is 104 Å². The standard InChI is InChI=1S/C17H22N4O2.C15H11N3O3.C9H18/c1-2-21(15-8-4-3-5-9-15)17(22)19-12-16(18-13-19)14-7-6-10-20(23)11-14;19-15(21-13-6-2-1-3-7-13)17-10-14(16-11-17)12-5-4-8-18(20)9-12;1-2-6-9-7-4-3-5-8-9/h6-7,10-13,15H,2-5,8-9H2,1H3;1-11H;9H,2-8H2,1H3. The first-order valence-electron chi connectivity index (χ1n) is 18.9. The summed E-state index contributed by atoms with van der Waals surface area (Å²) in [5.74, 6) is 1.55. The molecule has 280 valence electrons. The third kappa shape index (κ3) is 11.5. The number of hydrogen-bond donors (Lipinski definition) is 0. The first-order chi connectivity index (χ1) is 25.8. The highest BCUT2D eigenvalue weighted by atomic mass is 16.6. The largest absolute Gasteiger partial charge is 0.619 e. The SMILES string of the molecule is CCCC1CCCCC1.CCN(C(=O)n1cnc(-c2ccc[n+]([O-])c2)c1)C1CCCCC1.O=C(Oc1ccccc1)n1cnc(-c2ccc[n+]([O-])c2)c1. The lowest BCUT2D eigenvalue weighted by Crippen LogP contribution is -2.43. The fraction of sp³-hybridized carbons (Fsp3) is 0.415. The third-order valence-electron chi connectivity index (χ3n) is 9.71. The highest BCUT2D eigenvalue weighted by molar-refractivity contribution is 5.78. The predicted molar refractivity (Wildman–Crippen MR) is 203 cm³/mol. The van der Waals surface area contributed by atoms with E-state index < -0.39 is 6.09 Å². The number of ether oxygens (including phenoxy) is 1. The van der Waals surface area contributed by atoms with Crippen LogP contribution in [0.5, 0.6) is 5.75 Å². The predicted octanol–water partition coefficient (Wildman–Crippen LogP) is 8.40. The summed E-state index contributed by atoms with van der Waals surface area (Å²) in [7, 11) is 0. The van der Waals surface area contributed by atoms with Crippen LogP contribution in [0.1, 0.15) is 90.9 Å². The normalized spacial score (nSPS) is 14.6. The Bertz CT molecular complexity index is 1860. The molecule has 0 atom stereocenters. The minimum atomic E-state index is -0.564. The Morgan fingerprint density at radius 2 is 1.30 bits per heavy atom. The lowest BCUT2D eigenvalue weighted by molar-refractivity contribution is -0.605. The molecule has 2 fully saturated rings. The van der Waals surface area contributed by atoms with Crippen molar-refractivity contribution in [3.63, 3.8) is 0 Å². The van der Waals surface area contributed by atoms with Gasteiger partial charge in [-0.05, 0) is 49.9 Å². The lowest BCUT2D eigenvalue weighted by atomic mass is 9.86. The second-order valence-electron chi connectivity index (χ2n) is 13.6. The van der Waals surface area contributed by atoms with Crippen LogP contribution >= 0.6 is 0 Å². The van der Waals surface area contributed by atoms with Crippen molar-refractivity contribution >= 4 is 12.1 Å². The molecular formula is C41H51N7O5. The highest BCUT2D eigenvalue weighted by Crippen LogP contribution is 2.27. The van der Waals surface area contributed by atoms with Crippen LogP contribution in [-0.4, -0.2) is 48.7 Å². The van der Waals surface area contributed by atoms with Crippen LogP contribution < -0.4 is 14.2 Å². The van der Waals surface area contributed by atoms with E-state index in [9.17, 15) is 20.0 Å². The Morgan fingerprint density at radius 1 is 0.755 bits per heavy atom. The molecule has 0 radical (unpaired) electrons. The van der Waals surface area contributed by atoms with Gasteiger partial charge in [0.25, 0.3) is 0 Å². The summed E-state index contributed by atoms with van der Waals surface area (Å²) >= 11 is 0. The Hall–Kier alpha value is -5.52. The number of imidazole rings is 2. The Kier molecular flexibility index (Phi) is 14.5. The van der Waals surface area contributed by atoms with E-state index in [4.69, 9.17) is 4.74 Å². The zero-order chi connectivity index (χ0) is 37.4. The zero-order valence-electron chi connectivity index (χ0n) is 30.8. The number of aromatic nitrogens is 6. The second kappa shape index (κ2) is 19.9. The van der Waals surface area contributed by atoms with Gasteiger partial charge >= 0.3 is 12.1 Å². The van der Waals surface area contributed by atoms with E-state index >= 15 is 0 Å². The summed E-state index contributed by atoms with van der Waals surface area (Å²) in [4.78, 5) is 35.0. The molecule has 1 aromatic carbocycles. The van der Waals surface area contributed by atoms with Gasteiger partial charge in [0.2, 0.25) is 0 Å². The van der Waals surface area contributed by atoms with Crippen LogP contribution in [0.3, 0.4) is 0 Å². The number of benzene rings is 1. The first-order valence-corrected chi connectivity index (χ1v) is 18.9. The molecule has 0 aliphatic heterocycles. The van der Waals surface area contributed by atoms with Crippen LogP contribution in [0.25, 0.3) is 22.5 Å². The molecule has 7 rings (SSSR count). The van der Waals surface area contributed by atoms with E-state index in [0.717, 1.165) is 23.5 Å². The summed E-state index contributed by atoms with van der Waals surface area (Å²) < 4.78 is 9.35. The molecule has 12 nitrogen and oxygen atoms in total. The Balaban J connectivity index is 0.000000167. The lowest BCUT2D eigenvalue weighted by Gasteiger charge is -2.33. The van der Waals surface area contributed by atoms with Crippen molar-refractivity contribution in [1.29, 1.82) is 0 Å². The molecule has 1 amide bonds. The molecule has 0 N–H and O–H groups in total. The maximum absolute atomic E-state index is 12.8. The van der Waals surface area contributed by atoms with E-state index in [1.54, 1.807) is 48.7 Å². The molecule has 53 heavy (non-hydrogen) atoms. The number of rotatable bonds is 7. The third-order valence-corrected chi connectivity index (χ3v) is 9.71. The maximum atomic E-state index is 12.8. The molecular weight excluding hydrogens is 670 g/mol. The van der Waals surface area contributed by atoms with Gasteiger partial charge in [0.1, 0.15) is 18.4 Å².